The summed E-state index contributed by atoms with van der Waals surface area (Å²) in [6.07, 6.45) is -4.53. The number of nitrogens with zero attached hydrogens (tertiary/aromatic N) is 2. The molecule has 0 spiro atoms. The van der Waals surface area contributed by atoms with Crippen molar-refractivity contribution in [2.75, 3.05) is 0 Å². The molecule has 32 heavy (non-hydrogen) atoms. The number of alkyl halides is 3. The van der Waals surface area contributed by atoms with Gasteiger partial charge in [0.1, 0.15) is 17.1 Å². The molecule has 0 amide bonds. The summed E-state index contributed by atoms with van der Waals surface area (Å²) >= 11 is 17.4. The lowest BCUT2D eigenvalue weighted by atomic mass is 10.00. The van der Waals surface area contributed by atoms with Crippen molar-refractivity contribution in [1.82, 2.24) is 5.16 Å². The number of aliphatic imine (C=N–C) groups is 1. The van der Waals surface area contributed by atoms with Crippen LogP contribution in [0.3, 0.4) is 0 Å². The van der Waals surface area contributed by atoms with Crippen LogP contribution in [0.1, 0.15) is 16.1 Å². The minimum absolute atomic E-state index is 0.138. The van der Waals surface area contributed by atoms with E-state index in [-0.39, 0.29) is 21.3 Å². The van der Waals surface area contributed by atoms with Gasteiger partial charge >= 0.3 is 6.18 Å². The highest BCUT2D eigenvalue weighted by molar-refractivity contribution is 6.68. The van der Waals surface area contributed by atoms with Crippen LogP contribution in [0.25, 0.3) is 16.8 Å². The van der Waals surface area contributed by atoms with Crippen molar-refractivity contribution < 1.29 is 26.9 Å². The van der Waals surface area contributed by atoms with Crippen molar-refractivity contribution in [3.8, 4) is 11.3 Å². The van der Waals surface area contributed by atoms with E-state index in [0.717, 1.165) is 6.07 Å². The van der Waals surface area contributed by atoms with Crippen LogP contribution in [-0.4, -0.2) is 22.3 Å². The summed E-state index contributed by atoms with van der Waals surface area (Å²) in [5.41, 5.74) is 1.37. The lowest BCUT2D eigenvalue weighted by Crippen LogP contribution is -2.25. The Morgan fingerprint density at radius 3 is 2.41 bits per heavy atom. The molecule has 2 aromatic carbocycles. The van der Waals surface area contributed by atoms with Gasteiger partial charge in [0.2, 0.25) is 0 Å². The molecule has 0 saturated heterocycles. The van der Waals surface area contributed by atoms with E-state index in [0.29, 0.717) is 6.20 Å². The van der Waals surface area contributed by atoms with Gasteiger partial charge in [-0.25, -0.2) is 9.38 Å². The van der Waals surface area contributed by atoms with Crippen molar-refractivity contribution in [2.24, 2.45) is 10.7 Å². The van der Waals surface area contributed by atoms with Gasteiger partial charge in [-0.3, -0.25) is 4.79 Å². The van der Waals surface area contributed by atoms with Gasteiger partial charge in [0.15, 0.2) is 11.5 Å². The zero-order valence-electron chi connectivity index (χ0n) is 15.6. The van der Waals surface area contributed by atoms with Crippen molar-refractivity contribution in [3.63, 3.8) is 0 Å². The van der Waals surface area contributed by atoms with Gasteiger partial charge < -0.3 is 10.3 Å². The molecule has 0 aliphatic carbocycles. The second-order valence-corrected chi connectivity index (χ2v) is 7.31. The first-order valence-electron chi connectivity index (χ1n) is 8.52. The van der Waals surface area contributed by atoms with Crippen LogP contribution in [0.2, 0.25) is 10.0 Å². The Morgan fingerprint density at radius 2 is 1.84 bits per heavy atom. The van der Waals surface area contributed by atoms with Crippen molar-refractivity contribution >= 4 is 57.0 Å². The van der Waals surface area contributed by atoms with E-state index in [2.05, 4.69) is 10.1 Å². The fourth-order valence-electron chi connectivity index (χ4n) is 2.76. The van der Waals surface area contributed by atoms with Gasteiger partial charge in [-0.2, -0.15) is 13.2 Å². The van der Waals surface area contributed by atoms with E-state index in [9.17, 15) is 22.4 Å². The minimum atomic E-state index is -5.05. The first kappa shape index (κ1) is 23.8. The third kappa shape index (κ3) is 4.79. The highest BCUT2D eigenvalue weighted by Gasteiger charge is 2.42. The normalized spacial score (nSPS) is 12.8. The number of hydrogen-bond acceptors (Lipinski definition) is 5. The maximum Gasteiger partial charge on any atom is 0.434 e. The van der Waals surface area contributed by atoms with Crippen LogP contribution < -0.4 is 5.73 Å². The summed E-state index contributed by atoms with van der Waals surface area (Å²) in [6, 6.07) is 8.87. The number of halogens is 7. The average molecular weight is 507 g/mol. The Hall–Kier alpha value is -2.88. The molecule has 1 aromatic heterocycles. The summed E-state index contributed by atoms with van der Waals surface area (Å²) in [7, 11) is 0. The molecule has 0 aliphatic rings. The molecular weight excluding hydrogens is 497 g/mol. The van der Waals surface area contributed by atoms with E-state index in [1.54, 1.807) is 0 Å². The van der Waals surface area contributed by atoms with E-state index >= 15 is 0 Å². The number of aromatic nitrogens is 1. The van der Waals surface area contributed by atoms with Gasteiger partial charge in [0, 0.05) is 11.2 Å². The Balaban J connectivity index is 2.27. The Bertz CT molecular complexity index is 1230. The van der Waals surface area contributed by atoms with Crippen LogP contribution in [-0.2, 0) is 0 Å². The maximum absolute atomic E-state index is 14.4. The monoisotopic (exact) mass is 505 g/mol. The third-order valence-corrected chi connectivity index (χ3v) is 4.81. The first-order chi connectivity index (χ1) is 15.0. The SMILES string of the molecule is N/C=C(\C(=Nc1cccc(Cl)c1)C(F)(F)F)c1onc(-c2c(F)cccc2Cl)c1C(=O)Cl. The van der Waals surface area contributed by atoms with Gasteiger partial charge in [-0.05, 0) is 41.9 Å². The molecule has 12 heteroatoms. The molecule has 0 radical (unpaired) electrons. The molecule has 0 aliphatic heterocycles. The predicted octanol–water partition coefficient (Wildman–Crippen LogP) is 6.80. The standard InChI is InChI=1S/C20H10Cl3F4N3O2/c21-9-3-1-4-10(7-9)29-18(20(25,26)27)11(8-28)17-15(19(23)31)16(30-32-17)14-12(22)5-2-6-13(14)24/h1-8H,28H2/b11-8-,29-18?. The predicted molar refractivity (Wildman–Crippen MR) is 114 cm³/mol. The molecule has 3 rings (SSSR count). The number of nitrogens with two attached hydrogens (primary N) is 1. The van der Waals surface area contributed by atoms with Gasteiger partial charge in [-0.1, -0.05) is 40.5 Å². The Labute approximate surface area is 193 Å². The van der Waals surface area contributed by atoms with E-state index in [1.165, 1.54) is 36.4 Å². The van der Waals surface area contributed by atoms with Crippen LogP contribution in [0, 0.1) is 5.82 Å². The topological polar surface area (TPSA) is 81.5 Å². The fourth-order valence-corrected chi connectivity index (χ4v) is 3.38. The molecule has 5 nitrogen and oxygen atoms in total. The molecule has 2 N–H and O–H groups in total. The first-order valence-corrected chi connectivity index (χ1v) is 9.66. The van der Waals surface area contributed by atoms with Gasteiger partial charge in [0.25, 0.3) is 5.24 Å². The molecule has 0 atom stereocenters. The van der Waals surface area contributed by atoms with Crippen LogP contribution in [0.4, 0.5) is 23.2 Å². The lowest BCUT2D eigenvalue weighted by molar-refractivity contribution is -0.0571. The second-order valence-electron chi connectivity index (χ2n) is 6.12. The van der Waals surface area contributed by atoms with E-state index in [1.807, 2.05) is 0 Å². The largest absolute Gasteiger partial charge is 0.434 e. The Morgan fingerprint density at radius 1 is 1.16 bits per heavy atom. The van der Waals surface area contributed by atoms with E-state index in [4.69, 9.17) is 45.1 Å². The summed E-state index contributed by atoms with van der Waals surface area (Å²) < 4.78 is 61.0. The minimum Gasteiger partial charge on any atom is -0.404 e. The maximum atomic E-state index is 14.4. The lowest BCUT2D eigenvalue weighted by Gasteiger charge is -2.13. The molecule has 0 bridgehead atoms. The molecule has 0 fully saturated rings. The third-order valence-electron chi connectivity index (χ3n) is 4.07. The summed E-state index contributed by atoms with van der Waals surface area (Å²) in [4.78, 5) is 15.7. The molecular formula is C20H10Cl3F4N3O2. The quantitative estimate of drug-likeness (QED) is 0.234. The van der Waals surface area contributed by atoms with Crippen LogP contribution in [0.5, 0.6) is 0 Å². The smallest absolute Gasteiger partial charge is 0.404 e. The number of rotatable bonds is 5. The number of hydrogen-bond donors (Lipinski definition) is 1. The second kappa shape index (κ2) is 9.32. The van der Waals surface area contributed by atoms with Gasteiger partial charge in [0.05, 0.1) is 21.8 Å². The number of carbonyl (C=O) groups excluding carboxylic acids is 1. The highest BCUT2D eigenvalue weighted by atomic mass is 35.5. The number of benzene rings is 2. The van der Waals surface area contributed by atoms with Crippen LogP contribution in [0.15, 0.2) is 58.2 Å². The van der Waals surface area contributed by atoms with E-state index < -0.39 is 45.5 Å². The van der Waals surface area contributed by atoms with Crippen molar-refractivity contribution in [3.05, 3.63) is 75.9 Å². The summed E-state index contributed by atoms with van der Waals surface area (Å²) in [6.45, 7) is 0. The molecule has 166 valence electrons. The fraction of sp³-hybridized carbons (Fsp3) is 0.0500. The number of allylic oxidation sites excluding steroid dienone is 1. The Kier molecular flexibility index (Phi) is 6.92. The molecule has 1 heterocycles. The molecule has 0 saturated carbocycles. The molecule has 0 unspecified atom stereocenters. The zero-order valence-corrected chi connectivity index (χ0v) is 17.8. The van der Waals surface area contributed by atoms with Gasteiger partial charge in [-0.15, -0.1) is 0 Å². The average Bonchev–Trinajstić information content (AvgIpc) is 3.12. The number of carbonyl (C=O) groups is 1. The molecule has 3 aromatic rings. The van der Waals surface area contributed by atoms with Crippen LogP contribution >= 0.6 is 34.8 Å². The summed E-state index contributed by atoms with van der Waals surface area (Å²) in [5, 5.41) is 2.22. The highest BCUT2D eigenvalue weighted by Crippen LogP contribution is 2.39. The zero-order chi connectivity index (χ0) is 23.6. The van der Waals surface area contributed by atoms with Crippen molar-refractivity contribution in [2.45, 2.75) is 6.18 Å². The van der Waals surface area contributed by atoms with Crippen molar-refractivity contribution in [1.29, 1.82) is 0 Å². The summed E-state index contributed by atoms with van der Waals surface area (Å²) in [5.74, 6) is -1.67.